The van der Waals surface area contributed by atoms with Gasteiger partial charge in [0.2, 0.25) is 5.91 Å². The highest BCUT2D eigenvalue weighted by Gasteiger charge is 2.23. The standard InChI is InChI=1S/C24H17ClN4O6S/c1-2-35-24(32)21-18-13-36-22(20(18)23(31)28(27-21)17-5-3-4-15(25)12-17)26-19(30)11-8-14-6-9-16(10-7-14)29(33)34/h3-13H,2H2,1H3,(H,26,30)/b11-8+. The second kappa shape index (κ2) is 10.5. The SMILES string of the molecule is CCOC(=O)c1nn(-c2cccc(Cl)c2)c(=O)c2c(NC(=O)/C=C/c3ccc([N+](=O)[O-])cc3)scc12. The van der Waals surface area contributed by atoms with E-state index in [1.165, 1.54) is 42.5 Å². The highest BCUT2D eigenvalue weighted by Crippen LogP contribution is 2.31. The maximum Gasteiger partial charge on any atom is 0.359 e. The third kappa shape index (κ3) is 5.16. The van der Waals surface area contributed by atoms with Crippen LogP contribution in [0.1, 0.15) is 23.0 Å². The molecule has 12 heteroatoms. The maximum absolute atomic E-state index is 13.4. The Morgan fingerprint density at radius 1 is 1.25 bits per heavy atom. The van der Waals surface area contributed by atoms with Gasteiger partial charge in [-0.05, 0) is 48.9 Å². The molecule has 0 aliphatic rings. The zero-order valence-corrected chi connectivity index (χ0v) is 20.2. The predicted octanol–water partition coefficient (Wildman–Crippen LogP) is 4.84. The number of nitrogens with zero attached hydrogens (tertiary/aromatic N) is 3. The van der Waals surface area contributed by atoms with Crippen LogP contribution in [0.3, 0.4) is 0 Å². The zero-order valence-electron chi connectivity index (χ0n) is 18.6. The molecule has 2 heterocycles. The van der Waals surface area contributed by atoms with Crippen LogP contribution in [0.2, 0.25) is 5.02 Å². The first-order valence-electron chi connectivity index (χ1n) is 10.5. The summed E-state index contributed by atoms with van der Waals surface area (Å²) in [6.45, 7) is 1.76. The van der Waals surface area contributed by atoms with Crippen molar-refractivity contribution in [1.29, 1.82) is 0 Å². The first kappa shape index (κ1) is 24.8. The van der Waals surface area contributed by atoms with Crippen molar-refractivity contribution >= 4 is 62.4 Å². The van der Waals surface area contributed by atoms with E-state index in [1.807, 2.05) is 0 Å². The molecule has 36 heavy (non-hydrogen) atoms. The van der Waals surface area contributed by atoms with Gasteiger partial charge in [-0.25, -0.2) is 4.79 Å². The number of fused-ring (bicyclic) bond motifs is 1. The number of hydrogen-bond acceptors (Lipinski definition) is 8. The van der Waals surface area contributed by atoms with Crippen molar-refractivity contribution in [2.45, 2.75) is 6.92 Å². The number of nitrogens with one attached hydrogen (secondary N) is 1. The van der Waals surface area contributed by atoms with Crippen LogP contribution in [0.15, 0.2) is 64.8 Å². The van der Waals surface area contributed by atoms with Gasteiger partial charge in [-0.1, -0.05) is 17.7 Å². The maximum atomic E-state index is 13.4. The molecular formula is C24H17ClN4O6S. The number of nitro groups is 1. The fraction of sp³-hybridized carbons (Fsp3) is 0.0833. The van der Waals surface area contributed by atoms with E-state index in [4.69, 9.17) is 16.3 Å². The molecule has 0 atom stereocenters. The molecule has 2 aromatic heterocycles. The van der Waals surface area contributed by atoms with Gasteiger partial charge in [0.15, 0.2) is 5.69 Å². The minimum atomic E-state index is -0.716. The molecule has 0 bridgehead atoms. The van der Waals surface area contributed by atoms with Crippen molar-refractivity contribution in [3.63, 3.8) is 0 Å². The molecule has 2 aromatic carbocycles. The summed E-state index contributed by atoms with van der Waals surface area (Å²) in [4.78, 5) is 48.9. The van der Waals surface area contributed by atoms with Crippen molar-refractivity contribution in [3.05, 3.63) is 96.7 Å². The fourth-order valence-corrected chi connectivity index (χ4v) is 4.43. The molecule has 4 aromatic rings. The summed E-state index contributed by atoms with van der Waals surface area (Å²) in [6, 6.07) is 12.1. The number of hydrogen-bond donors (Lipinski definition) is 1. The van der Waals surface area contributed by atoms with Gasteiger partial charge in [0.1, 0.15) is 5.00 Å². The number of carbonyl (C=O) groups excluding carboxylic acids is 2. The van der Waals surface area contributed by atoms with Crippen LogP contribution >= 0.6 is 22.9 Å². The zero-order chi connectivity index (χ0) is 25.8. The number of rotatable bonds is 7. The third-order valence-electron chi connectivity index (χ3n) is 4.94. The van der Waals surface area contributed by atoms with Crippen molar-refractivity contribution in [2.24, 2.45) is 0 Å². The number of anilines is 1. The Bertz CT molecular complexity index is 1580. The van der Waals surface area contributed by atoms with Crippen LogP contribution in [0, 0.1) is 10.1 Å². The summed E-state index contributed by atoms with van der Waals surface area (Å²) in [7, 11) is 0. The number of halogens is 1. The van der Waals surface area contributed by atoms with Crippen LogP contribution < -0.4 is 10.9 Å². The van der Waals surface area contributed by atoms with Crippen LogP contribution in [-0.2, 0) is 9.53 Å². The summed E-state index contributed by atoms with van der Waals surface area (Å²) in [5, 5.41) is 20.1. The first-order chi connectivity index (χ1) is 17.3. The number of aromatic nitrogens is 2. The van der Waals surface area contributed by atoms with E-state index in [0.717, 1.165) is 16.0 Å². The van der Waals surface area contributed by atoms with Gasteiger partial charge >= 0.3 is 5.97 Å². The second-order valence-corrected chi connectivity index (χ2v) is 8.61. The normalized spacial score (nSPS) is 11.1. The minimum Gasteiger partial charge on any atom is -0.461 e. The number of thiophene rings is 1. The highest BCUT2D eigenvalue weighted by atomic mass is 35.5. The average molecular weight is 525 g/mol. The van der Waals surface area contributed by atoms with Gasteiger partial charge < -0.3 is 10.1 Å². The summed E-state index contributed by atoms with van der Waals surface area (Å²) in [5.74, 6) is -1.26. The van der Waals surface area contributed by atoms with Crippen molar-refractivity contribution in [1.82, 2.24) is 9.78 Å². The number of non-ortho nitro benzene ring substituents is 1. The predicted molar refractivity (Wildman–Crippen MR) is 137 cm³/mol. The largest absolute Gasteiger partial charge is 0.461 e. The number of esters is 1. The topological polar surface area (TPSA) is 133 Å². The van der Waals surface area contributed by atoms with Crippen LogP contribution in [0.5, 0.6) is 0 Å². The van der Waals surface area contributed by atoms with Gasteiger partial charge in [-0.3, -0.25) is 19.7 Å². The first-order valence-corrected chi connectivity index (χ1v) is 11.8. The van der Waals surface area contributed by atoms with E-state index >= 15 is 0 Å². The molecule has 0 radical (unpaired) electrons. The van der Waals surface area contributed by atoms with Gasteiger partial charge in [-0.15, -0.1) is 11.3 Å². The molecule has 4 rings (SSSR count). The number of amides is 1. The lowest BCUT2D eigenvalue weighted by Crippen LogP contribution is -2.25. The summed E-state index contributed by atoms with van der Waals surface area (Å²) >= 11 is 7.14. The Hall–Kier alpha value is -4.35. The number of benzene rings is 2. The monoisotopic (exact) mass is 524 g/mol. The molecule has 1 N–H and O–H groups in total. The molecule has 10 nitrogen and oxygen atoms in total. The van der Waals surface area contributed by atoms with Crippen molar-refractivity contribution < 1.29 is 19.2 Å². The summed E-state index contributed by atoms with van der Waals surface area (Å²) in [6.07, 6.45) is 2.71. The lowest BCUT2D eigenvalue weighted by Gasteiger charge is -2.10. The van der Waals surface area contributed by atoms with Crippen molar-refractivity contribution in [2.75, 3.05) is 11.9 Å². The van der Waals surface area contributed by atoms with Crippen LogP contribution in [0.25, 0.3) is 22.5 Å². The van der Waals surface area contributed by atoms with E-state index in [1.54, 1.807) is 30.5 Å². The van der Waals surface area contributed by atoms with Gasteiger partial charge in [0.05, 0.1) is 22.6 Å². The van der Waals surface area contributed by atoms with E-state index < -0.39 is 22.4 Å². The van der Waals surface area contributed by atoms with Gasteiger partial charge in [-0.2, -0.15) is 9.78 Å². The Labute approximate surface area is 212 Å². The number of nitro benzene ring substituents is 1. The second-order valence-electron chi connectivity index (χ2n) is 7.29. The molecule has 0 spiro atoms. The summed E-state index contributed by atoms with van der Waals surface area (Å²) < 4.78 is 6.15. The molecule has 0 aliphatic carbocycles. The smallest absolute Gasteiger partial charge is 0.359 e. The van der Waals surface area contributed by atoms with Crippen LogP contribution in [-0.4, -0.2) is 33.2 Å². The Kier molecular flexibility index (Phi) is 7.23. The van der Waals surface area contributed by atoms with Crippen LogP contribution in [0.4, 0.5) is 10.7 Å². The molecule has 182 valence electrons. The lowest BCUT2D eigenvalue weighted by molar-refractivity contribution is -0.384. The molecular weight excluding hydrogens is 508 g/mol. The molecule has 1 amide bonds. The molecule has 0 unspecified atom stereocenters. The Morgan fingerprint density at radius 3 is 2.67 bits per heavy atom. The summed E-state index contributed by atoms with van der Waals surface area (Å²) in [5.41, 5.74) is 0.204. The van der Waals surface area contributed by atoms with E-state index in [0.29, 0.717) is 16.3 Å². The molecule has 0 fully saturated rings. The highest BCUT2D eigenvalue weighted by molar-refractivity contribution is 7.16. The van der Waals surface area contributed by atoms with E-state index in [9.17, 15) is 24.5 Å². The van der Waals surface area contributed by atoms with Gasteiger partial charge in [0, 0.05) is 34.0 Å². The van der Waals surface area contributed by atoms with E-state index in [-0.39, 0.29) is 33.8 Å². The molecule has 0 aliphatic heterocycles. The third-order valence-corrected chi connectivity index (χ3v) is 6.07. The number of ether oxygens (including phenoxy) is 1. The number of carbonyl (C=O) groups is 2. The quantitative estimate of drug-likeness (QED) is 0.158. The Morgan fingerprint density at radius 2 is 2.00 bits per heavy atom. The average Bonchev–Trinajstić information content (AvgIpc) is 3.27. The van der Waals surface area contributed by atoms with Crippen molar-refractivity contribution in [3.8, 4) is 5.69 Å². The fourth-order valence-electron chi connectivity index (χ4n) is 3.31. The molecule has 0 saturated carbocycles. The molecule has 0 saturated heterocycles. The minimum absolute atomic E-state index is 0.0661. The Balaban J connectivity index is 1.72. The van der Waals surface area contributed by atoms with E-state index in [2.05, 4.69) is 10.4 Å². The lowest BCUT2D eigenvalue weighted by atomic mass is 10.2. The van der Waals surface area contributed by atoms with Gasteiger partial charge in [0.25, 0.3) is 11.2 Å².